The molecule has 34 heavy (non-hydrogen) atoms. The number of nitrogens with zero attached hydrogens (tertiary/aromatic N) is 1. The molecule has 1 heterocycles. The Labute approximate surface area is 195 Å². The summed E-state index contributed by atoms with van der Waals surface area (Å²) in [6, 6.07) is 13.8. The summed E-state index contributed by atoms with van der Waals surface area (Å²) in [5.41, 5.74) is -0.446. The van der Waals surface area contributed by atoms with E-state index in [0.29, 0.717) is 32.1 Å². The Hall–Kier alpha value is -3.07. The fourth-order valence-electron chi connectivity index (χ4n) is 4.93. The number of alkyl halides is 3. The van der Waals surface area contributed by atoms with E-state index in [9.17, 15) is 27.9 Å². The summed E-state index contributed by atoms with van der Waals surface area (Å²) in [4.78, 5) is 27.5. The molecule has 0 aromatic heterocycles. The lowest BCUT2D eigenvalue weighted by atomic mass is 9.72. The number of benzene rings is 2. The average molecular weight is 477 g/mol. The van der Waals surface area contributed by atoms with E-state index >= 15 is 0 Å². The van der Waals surface area contributed by atoms with Crippen LogP contribution in [0.3, 0.4) is 0 Å². The first-order valence-corrected chi connectivity index (χ1v) is 11.3. The van der Waals surface area contributed by atoms with Crippen LogP contribution in [0.25, 0.3) is 0 Å². The molecule has 2 aromatic carbocycles. The topological polar surface area (TPSA) is 76.1 Å². The van der Waals surface area contributed by atoms with Gasteiger partial charge in [0, 0.05) is 0 Å². The van der Waals surface area contributed by atoms with Crippen molar-refractivity contribution >= 4 is 12.0 Å². The Balaban J connectivity index is 1.69. The molecule has 1 aliphatic carbocycles. The second kappa shape index (κ2) is 9.66. The van der Waals surface area contributed by atoms with E-state index in [1.165, 1.54) is 12.1 Å². The van der Waals surface area contributed by atoms with E-state index in [1.54, 1.807) is 0 Å². The molecule has 2 fully saturated rings. The van der Waals surface area contributed by atoms with Gasteiger partial charge >= 0.3 is 12.5 Å². The highest BCUT2D eigenvalue weighted by molar-refractivity contribution is 5.98. The van der Waals surface area contributed by atoms with Crippen LogP contribution in [0.5, 0.6) is 5.75 Å². The van der Waals surface area contributed by atoms with Crippen molar-refractivity contribution in [2.75, 3.05) is 6.61 Å². The van der Waals surface area contributed by atoms with Crippen LogP contribution < -0.4 is 4.74 Å². The predicted octanol–water partition coefficient (Wildman–Crippen LogP) is 4.95. The van der Waals surface area contributed by atoms with E-state index in [-0.39, 0.29) is 12.2 Å². The largest absolute Gasteiger partial charge is 0.573 e. The second-order valence-corrected chi connectivity index (χ2v) is 8.85. The third kappa shape index (κ3) is 5.35. The van der Waals surface area contributed by atoms with Gasteiger partial charge < -0.3 is 14.6 Å². The Morgan fingerprint density at radius 3 is 2.50 bits per heavy atom. The summed E-state index contributed by atoms with van der Waals surface area (Å²) in [5.74, 6) is -2.42. The van der Waals surface area contributed by atoms with Crippen molar-refractivity contribution < 1.29 is 37.3 Å². The molecule has 4 rings (SSSR count). The van der Waals surface area contributed by atoms with E-state index in [2.05, 4.69) is 4.74 Å². The van der Waals surface area contributed by atoms with Gasteiger partial charge in [0.1, 0.15) is 12.4 Å². The minimum atomic E-state index is -4.90. The van der Waals surface area contributed by atoms with Crippen LogP contribution in [0.2, 0.25) is 0 Å². The third-order valence-electron chi connectivity index (χ3n) is 6.44. The van der Waals surface area contributed by atoms with Crippen LogP contribution in [-0.4, -0.2) is 46.6 Å². The number of imide groups is 1. The fraction of sp³-hybridized carbons (Fsp3) is 0.440. The molecular formula is C25H26F3NO5. The lowest BCUT2D eigenvalue weighted by Crippen LogP contribution is -2.50. The summed E-state index contributed by atoms with van der Waals surface area (Å²) >= 11 is 0. The molecule has 2 atom stereocenters. The zero-order valence-corrected chi connectivity index (χ0v) is 18.5. The van der Waals surface area contributed by atoms with Gasteiger partial charge in [-0.2, -0.15) is 0 Å². The molecule has 0 bridgehead atoms. The van der Waals surface area contributed by atoms with Crippen LogP contribution in [0.1, 0.15) is 49.1 Å². The number of cyclic esters (lactones) is 1. The predicted molar refractivity (Wildman–Crippen MR) is 116 cm³/mol. The van der Waals surface area contributed by atoms with Crippen molar-refractivity contribution in [3.63, 3.8) is 0 Å². The molecule has 1 N–H and O–H groups in total. The highest BCUT2D eigenvalue weighted by Gasteiger charge is 2.49. The van der Waals surface area contributed by atoms with Crippen molar-refractivity contribution in [1.29, 1.82) is 0 Å². The third-order valence-corrected chi connectivity index (χ3v) is 6.44. The van der Waals surface area contributed by atoms with Crippen LogP contribution in [0.4, 0.5) is 18.0 Å². The van der Waals surface area contributed by atoms with Crippen molar-refractivity contribution in [3.8, 4) is 5.75 Å². The standard InChI is InChI=1S/C25H26F3NO5/c26-25(27,28)34-20-11-7-10-18(15-20)21(24(32)12-5-2-6-13-24)22(30)29-19(16-33-23(29)31)14-17-8-3-1-4-9-17/h1,3-4,7-11,15,19,21,32H,2,5-6,12-14,16H2/t19-,21-/m0/s1. The van der Waals surface area contributed by atoms with Gasteiger partial charge in [-0.15, -0.1) is 13.2 Å². The number of hydrogen-bond donors (Lipinski definition) is 1. The Morgan fingerprint density at radius 2 is 1.82 bits per heavy atom. The summed E-state index contributed by atoms with van der Waals surface area (Å²) in [7, 11) is 0. The first kappa shape index (κ1) is 24.1. The molecule has 1 saturated heterocycles. The van der Waals surface area contributed by atoms with Crippen LogP contribution >= 0.6 is 0 Å². The Morgan fingerprint density at radius 1 is 1.12 bits per heavy atom. The smallest absolute Gasteiger partial charge is 0.447 e. The summed E-state index contributed by atoms with van der Waals surface area (Å²) in [6.45, 7) is 0.00183. The minimum Gasteiger partial charge on any atom is -0.447 e. The van der Waals surface area contributed by atoms with Crippen LogP contribution in [0, 0.1) is 0 Å². The molecule has 9 heteroatoms. The van der Waals surface area contributed by atoms with Gasteiger partial charge in [-0.25, -0.2) is 9.69 Å². The second-order valence-electron chi connectivity index (χ2n) is 8.85. The zero-order valence-electron chi connectivity index (χ0n) is 18.5. The van der Waals surface area contributed by atoms with Gasteiger partial charge in [-0.05, 0) is 42.5 Å². The fourth-order valence-corrected chi connectivity index (χ4v) is 4.93. The summed E-state index contributed by atoms with van der Waals surface area (Å²) in [5, 5.41) is 11.5. The molecule has 182 valence electrons. The molecule has 2 amide bonds. The number of amides is 2. The SMILES string of the molecule is O=C1OC[C@H](Cc2ccccc2)N1C(=O)[C@H](c1cccc(OC(F)(F)F)c1)C1(O)CCCCC1. The Bertz CT molecular complexity index is 1020. The first-order valence-electron chi connectivity index (χ1n) is 11.3. The molecule has 0 radical (unpaired) electrons. The lowest BCUT2D eigenvalue weighted by Gasteiger charge is -2.40. The van der Waals surface area contributed by atoms with E-state index < -0.39 is 41.7 Å². The number of rotatable bonds is 6. The van der Waals surface area contributed by atoms with Gasteiger partial charge in [0.15, 0.2) is 0 Å². The molecule has 2 aromatic rings. The van der Waals surface area contributed by atoms with Gasteiger partial charge in [-0.3, -0.25) is 4.79 Å². The number of aliphatic hydroxyl groups is 1. The van der Waals surface area contributed by atoms with Crippen molar-refractivity contribution in [3.05, 3.63) is 65.7 Å². The molecule has 0 spiro atoms. The maximum Gasteiger partial charge on any atom is 0.573 e. The highest BCUT2D eigenvalue weighted by Crippen LogP contribution is 2.43. The van der Waals surface area contributed by atoms with E-state index in [4.69, 9.17) is 4.74 Å². The van der Waals surface area contributed by atoms with E-state index in [0.717, 1.165) is 29.0 Å². The molecule has 1 aliphatic heterocycles. The highest BCUT2D eigenvalue weighted by atomic mass is 19.4. The molecule has 1 saturated carbocycles. The number of carbonyl (C=O) groups is 2. The number of hydrogen-bond acceptors (Lipinski definition) is 5. The van der Waals surface area contributed by atoms with Crippen LogP contribution in [-0.2, 0) is 16.0 Å². The zero-order chi connectivity index (χ0) is 24.3. The van der Waals surface area contributed by atoms with Gasteiger partial charge in [0.2, 0.25) is 5.91 Å². The molecule has 0 unspecified atom stereocenters. The number of ether oxygens (including phenoxy) is 2. The number of halogens is 3. The van der Waals surface area contributed by atoms with Crippen LogP contribution in [0.15, 0.2) is 54.6 Å². The molecular weight excluding hydrogens is 451 g/mol. The number of carbonyl (C=O) groups excluding carboxylic acids is 2. The van der Waals surface area contributed by atoms with Gasteiger partial charge in [-0.1, -0.05) is 61.7 Å². The maximum atomic E-state index is 13.9. The van der Waals surface area contributed by atoms with Crippen molar-refractivity contribution in [1.82, 2.24) is 4.90 Å². The summed E-state index contributed by atoms with van der Waals surface area (Å²) in [6.07, 6.45) is -2.57. The lowest BCUT2D eigenvalue weighted by molar-refractivity contribution is -0.274. The Kier molecular flexibility index (Phi) is 6.84. The summed E-state index contributed by atoms with van der Waals surface area (Å²) < 4.78 is 47.6. The first-order chi connectivity index (χ1) is 16.2. The molecule has 2 aliphatic rings. The van der Waals surface area contributed by atoms with Crippen molar-refractivity contribution in [2.45, 2.75) is 62.4 Å². The van der Waals surface area contributed by atoms with Gasteiger partial charge in [0.25, 0.3) is 0 Å². The quantitative estimate of drug-likeness (QED) is 0.637. The van der Waals surface area contributed by atoms with E-state index in [1.807, 2.05) is 30.3 Å². The maximum absolute atomic E-state index is 13.9. The van der Waals surface area contributed by atoms with Gasteiger partial charge in [0.05, 0.1) is 17.6 Å². The van der Waals surface area contributed by atoms with Crippen molar-refractivity contribution in [2.24, 2.45) is 0 Å². The normalized spacial score (nSPS) is 21.1. The average Bonchev–Trinajstić information content (AvgIpc) is 3.14. The minimum absolute atomic E-state index is 0.00183. The monoisotopic (exact) mass is 477 g/mol. The molecule has 6 nitrogen and oxygen atoms in total.